The van der Waals surface area contributed by atoms with Gasteiger partial charge in [0.15, 0.2) is 5.82 Å². The topological polar surface area (TPSA) is 83.1 Å². The van der Waals surface area contributed by atoms with E-state index in [1.54, 1.807) is 13.2 Å². The van der Waals surface area contributed by atoms with Crippen LogP contribution in [0.1, 0.15) is 5.82 Å². The highest BCUT2D eigenvalue weighted by atomic mass is 79.9. The molecule has 0 atom stereocenters. The van der Waals surface area contributed by atoms with E-state index in [2.05, 4.69) is 26.1 Å². The van der Waals surface area contributed by atoms with Crippen LogP contribution < -0.4 is 0 Å². The molecular weight excluding hydrogens is 364 g/mol. The first-order valence-corrected chi connectivity index (χ1v) is 7.49. The van der Waals surface area contributed by atoms with E-state index >= 15 is 0 Å². The molecule has 0 saturated carbocycles. The molecule has 2 aromatic rings. The Bertz CT molecular complexity index is 662. The number of non-ortho nitro benzene ring substituents is 1. The zero-order valence-corrected chi connectivity index (χ0v) is 13.5. The van der Waals surface area contributed by atoms with Crippen LogP contribution in [0.2, 0.25) is 5.02 Å². The molecule has 2 rings (SSSR count). The van der Waals surface area contributed by atoms with Crippen LogP contribution in [-0.2, 0) is 16.6 Å². The van der Waals surface area contributed by atoms with Crippen molar-refractivity contribution in [2.24, 2.45) is 0 Å². The maximum atomic E-state index is 10.9. The predicted molar refractivity (Wildman–Crippen MR) is 81.6 cm³/mol. The molecule has 7 nitrogen and oxygen atoms in total. The number of nitro groups is 1. The number of benzene rings is 1. The van der Waals surface area contributed by atoms with E-state index in [4.69, 9.17) is 16.3 Å². The Labute approximate surface area is 134 Å². The molecule has 0 aliphatic carbocycles. The van der Waals surface area contributed by atoms with Gasteiger partial charge < -0.3 is 9.30 Å². The van der Waals surface area contributed by atoms with Gasteiger partial charge in [0.25, 0.3) is 5.69 Å². The highest BCUT2D eigenvalue weighted by Gasteiger charge is 2.17. The smallest absolute Gasteiger partial charge is 0.271 e. The number of ether oxygens (including phenoxy) is 1. The Balaban J connectivity index is 2.50. The lowest BCUT2D eigenvalue weighted by Crippen LogP contribution is -2.09. The predicted octanol–water partition coefficient (Wildman–Crippen LogP) is 3.05. The third kappa shape index (κ3) is 3.58. The Morgan fingerprint density at radius 2 is 2.19 bits per heavy atom. The molecule has 0 aliphatic heterocycles. The summed E-state index contributed by atoms with van der Waals surface area (Å²) in [5.41, 5.74) is 0.462. The van der Waals surface area contributed by atoms with Gasteiger partial charge in [-0.25, -0.2) is 0 Å². The standard InChI is InChI=1S/C12H12BrClN4O3/c1-21-3-2-17-11(7-13)15-16-12(17)8-4-9(14)6-10(5-8)18(19)20/h4-6H,2-3,7H2,1H3. The first-order chi connectivity index (χ1) is 10.1. The number of hydrogen-bond acceptors (Lipinski definition) is 5. The number of halogens is 2. The van der Waals surface area contributed by atoms with Gasteiger partial charge in [0.2, 0.25) is 0 Å². The van der Waals surface area contributed by atoms with Crippen LogP contribution >= 0.6 is 27.5 Å². The summed E-state index contributed by atoms with van der Waals surface area (Å²) >= 11 is 9.29. The number of nitrogens with zero attached hydrogens (tertiary/aromatic N) is 4. The zero-order chi connectivity index (χ0) is 15.4. The van der Waals surface area contributed by atoms with Crippen LogP contribution in [0.5, 0.6) is 0 Å². The van der Waals surface area contributed by atoms with Crippen molar-refractivity contribution in [1.82, 2.24) is 14.8 Å². The fourth-order valence-electron chi connectivity index (χ4n) is 1.87. The SMILES string of the molecule is COCCn1c(CBr)nnc1-c1cc(Cl)cc([N+](=O)[O-])c1. The van der Waals surface area contributed by atoms with Gasteiger partial charge in [-0.05, 0) is 6.07 Å². The monoisotopic (exact) mass is 374 g/mol. The second kappa shape index (κ2) is 6.97. The van der Waals surface area contributed by atoms with Crippen molar-refractivity contribution in [2.75, 3.05) is 13.7 Å². The lowest BCUT2D eigenvalue weighted by atomic mass is 10.2. The van der Waals surface area contributed by atoms with E-state index in [-0.39, 0.29) is 10.7 Å². The van der Waals surface area contributed by atoms with Crippen LogP contribution in [0.4, 0.5) is 5.69 Å². The number of aromatic nitrogens is 3. The molecule has 0 N–H and O–H groups in total. The summed E-state index contributed by atoms with van der Waals surface area (Å²) in [6, 6.07) is 4.35. The number of alkyl halides is 1. The van der Waals surface area contributed by atoms with Crippen LogP contribution in [-0.4, -0.2) is 33.4 Å². The quantitative estimate of drug-likeness (QED) is 0.440. The summed E-state index contributed by atoms with van der Waals surface area (Å²) in [5.74, 6) is 1.23. The molecule has 0 unspecified atom stereocenters. The first kappa shape index (κ1) is 15.9. The van der Waals surface area contributed by atoms with E-state index in [0.717, 1.165) is 0 Å². The molecule has 0 radical (unpaired) electrons. The molecule has 0 saturated heterocycles. The molecule has 1 heterocycles. The van der Waals surface area contributed by atoms with Gasteiger partial charge in [-0.1, -0.05) is 27.5 Å². The maximum absolute atomic E-state index is 10.9. The summed E-state index contributed by atoms with van der Waals surface area (Å²) < 4.78 is 6.91. The minimum atomic E-state index is -0.489. The third-order valence-electron chi connectivity index (χ3n) is 2.82. The summed E-state index contributed by atoms with van der Waals surface area (Å²) in [7, 11) is 1.60. The van der Waals surface area contributed by atoms with Gasteiger partial charge in [-0.2, -0.15) is 0 Å². The second-order valence-electron chi connectivity index (χ2n) is 4.17. The van der Waals surface area contributed by atoms with Crippen molar-refractivity contribution < 1.29 is 9.66 Å². The van der Waals surface area contributed by atoms with Gasteiger partial charge in [-0.3, -0.25) is 10.1 Å². The third-order valence-corrected chi connectivity index (χ3v) is 3.54. The van der Waals surface area contributed by atoms with Crippen molar-refractivity contribution in [3.63, 3.8) is 0 Å². The number of rotatable bonds is 6. The van der Waals surface area contributed by atoms with Crippen molar-refractivity contribution in [2.45, 2.75) is 11.9 Å². The number of methoxy groups -OCH3 is 1. The molecule has 1 aromatic heterocycles. The van der Waals surface area contributed by atoms with Gasteiger partial charge in [0.1, 0.15) is 5.82 Å². The van der Waals surface area contributed by atoms with Gasteiger partial charge >= 0.3 is 0 Å². The highest BCUT2D eigenvalue weighted by Crippen LogP contribution is 2.28. The van der Waals surface area contributed by atoms with Crippen LogP contribution in [0.3, 0.4) is 0 Å². The minimum absolute atomic E-state index is 0.0841. The average molecular weight is 376 g/mol. The van der Waals surface area contributed by atoms with E-state index < -0.39 is 4.92 Å². The lowest BCUT2D eigenvalue weighted by Gasteiger charge is -2.09. The average Bonchev–Trinajstić information content (AvgIpc) is 2.87. The Kier molecular flexibility index (Phi) is 5.27. The fraction of sp³-hybridized carbons (Fsp3) is 0.333. The Morgan fingerprint density at radius 1 is 1.43 bits per heavy atom. The molecule has 21 heavy (non-hydrogen) atoms. The molecule has 0 bridgehead atoms. The highest BCUT2D eigenvalue weighted by molar-refractivity contribution is 9.08. The largest absolute Gasteiger partial charge is 0.383 e. The Hall–Kier alpha value is -1.51. The normalized spacial score (nSPS) is 10.8. The summed E-state index contributed by atoms with van der Waals surface area (Å²) in [6.07, 6.45) is 0. The summed E-state index contributed by atoms with van der Waals surface area (Å²) in [5, 5.41) is 19.9. The molecule has 9 heteroatoms. The molecular formula is C12H12BrClN4O3. The van der Waals surface area contributed by atoms with Crippen molar-refractivity contribution in [3.8, 4) is 11.4 Å². The lowest BCUT2D eigenvalue weighted by molar-refractivity contribution is -0.384. The molecule has 0 spiro atoms. The zero-order valence-electron chi connectivity index (χ0n) is 11.1. The van der Waals surface area contributed by atoms with Crippen molar-refractivity contribution in [1.29, 1.82) is 0 Å². The molecule has 0 aliphatic rings. The molecule has 112 valence electrons. The molecule has 1 aromatic carbocycles. The second-order valence-corrected chi connectivity index (χ2v) is 5.17. The van der Waals surface area contributed by atoms with Crippen LogP contribution in [0, 0.1) is 10.1 Å². The van der Waals surface area contributed by atoms with Crippen LogP contribution in [0.25, 0.3) is 11.4 Å². The van der Waals surface area contributed by atoms with Gasteiger partial charge in [0, 0.05) is 36.4 Å². The molecule has 0 amide bonds. The van der Waals surface area contributed by atoms with Crippen LogP contribution in [0.15, 0.2) is 18.2 Å². The van der Waals surface area contributed by atoms with Gasteiger partial charge in [0.05, 0.1) is 16.9 Å². The van der Waals surface area contributed by atoms with E-state index in [0.29, 0.717) is 35.7 Å². The summed E-state index contributed by atoms with van der Waals surface area (Å²) in [4.78, 5) is 10.4. The fourth-order valence-corrected chi connectivity index (χ4v) is 2.52. The van der Waals surface area contributed by atoms with Crippen molar-refractivity contribution in [3.05, 3.63) is 39.2 Å². The van der Waals surface area contributed by atoms with Crippen molar-refractivity contribution >= 4 is 33.2 Å². The van der Waals surface area contributed by atoms with E-state index in [1.807, 2.05) is 4.57 Å². The van der Waals surface area contributed by atoms with E-state index in [9.17, 15) is 10.1 Å². The summed E-state index contributed by atoms with van der Waals surface area (Å²) in [6.45, 7) is 1.02. The first-order valence-electron chi connectivity index (χ1n) is 5.99. The number of hydrogen-bond donors (Lipinski definition) is 0. The minimum Gasteiger partial charge on any atom is -0.383 e. The Morgan fingerprint density at radius 3 is 2.81 bits per heavy atom. The molecule has 0 fully saturated rings. The van der Waals surface area contributed by atoms with Gasteiger partial charge in [-0.15, -0.1) is 10.2 Å². The number of nitro benzene ring substituents is 1. The maximum Gasteiger partial charge on any atom is 0.271 e. The van der Waals surface area contributed by atoms with E-state index in [1.165, 1.54) is 12.1 Å².